The first-order chi connectivity index (χ1) is 9.15. The summed E-state index contributed by atoms with van der Waals surface area (Å²) in [7, 11) is 0. The van der Waals surface area contributed by atoms with Gasteiger partial charge in [-0.15, -0.1) is 0 Å². The molecule has 1 N–H and O–H groups in total. The van der Waals surface area contributed by atoms with Gasteiger partial charge in [-0.3, -0.25) is 4.98 Å². The molecule has 2 rings (SSSR count). The average Bonchev–Trinajstić information content (AvgIpc) is 2.39. The Bertz CT molecular complexity index is 513. The van der Waals surface area contributed by atoms with Crippen LogP contribution in [-0.2, 0) is 6.42 Å². The number of nitrogens with zero attached hydrogens (tertiary/aromatic N) is 1. The Kier molecular flexibility index (Phi) is 4.94. The van der Waals surface area contributed by atoms with Crippen molar-refractivity contribution in [2.45, 2.75) is 32.4 Å². The lowest BCUT2D eigenvalue weighted by Crippen LogP contribution is -2.30. The van der Waals surface area contributed by atoms with Crippen LogP contribution in [0, 0.1) is 0 Å². The zero-order valence-electron chi connectivity index (χ0n) is 11.3. The van der Waals surface area contributed by atoms with E-state index in [9.17, 15) is 0 Å². The van der Waals surface area contributed by atoms with Gasteiger partial charge in [-0.2, -0.15) is 0 Å². The van der Waals surface area contributed by atoms with Gasteiger partial charge in [-0.05, 0) is 55.7 Å². The summed E-state index contributed by atoms with van der Waals surface area (Å²) in [5.41, 5.74) is 2.52. The summed E-state index contributed by atoms with van der Waals surface area (Å²) in [4.78, 5) is 4.04. The average molecular weight is 275 g/mol. The molecule has 0 aliphatic carbocycles. The molecule has 100 valence electrons. The van der Waals surface area contributed by atoms with Crippen molar-refractivity contribution in [3.8, 4) is 0 Å². The van der Waals surface area contributed by atoms with Gasteiger partial charge in [-0.25, -0.2) is 0 Å². The maximum Gasteiger partial charge on any atom is 0.0408 e. The fraction of sp³-hybridized carbons (Fsp3) is 0.312. The van der Waals surface area contributed by atoms with Gasteiger partial charge >= 0.3 is 0 Å². The zero-order valence-corrected chi connectivity index (χ0v) is 12.1. The lowest BCUT2D eigenvalue weighted by atomic mass is 10.0. The van der Waals surface area contributed by atoms with Crippen LogP contribution in [0.15, 0.2) is 48.8 Å². The van der Waals surface area contributed by atoms with Gasteiger partial charge in [0.05, 0.1) is 0 Å². The number of hydrogen-bond acceptors (Lipinski definition) is 2. The van der Waals surface area contributed by atoms with E-state index in [2.05, 4.69) is 30.2 Å². The third-order valence-corrected chi connectivity index (χ3v) is 3.41. The summed E-state index contributed by atoms with van der Waals surface area (Å²) in [6.07, 6.45) is 4.63. The van der Waals surface area contributed by atoms with E-state index in [4.69, 9.17) is 11.6 Å². The van der Waals surface area contributed by atoms with Crippen molar-refractivity contribution in [3.05, 3.63) is 64.9 Å². The van der Waals surface area contributed by atoms with Gasteiger partial charge in [0, 0.05) is 29.5 Å². The number of hydrogen-bond donors (Lipinski definition) is 1. The molecule has 0 aliphatic rings. The normalized spacial score (nSPS) is 14.1. The highest BCUT2D eigenvalue weighted by atomic mass is 35.5. The van der Waals surface area contributed by atoms with E-state index in [1.807, 2.05) is 42.7 Å². The molecule has 0 amide bonds. The van der Waals surface area contributed by atoms with Crippen molar-refractivity contribution in [2.75, 3.05) is 0 Å². The Morgan fingerprint density at radius 1 is 1.16 bits per heavy atom. The molecule has 1 aromatic heterocycles. The number of aromatic nitrogens is 1. The Hall–Kier alpha value is -1.38. The summed E-state index contributed by atoms with van der Waals surface area (Å²) in [5.74, 6) is 0. The molecule has 0 radical (unpaired) electrons. The standard InChI is InChI=1S/C16H19ClN2/c1-12(10-14-4-3-5-16(17)11-14)19-13(2)15-6-8-18-9-7-15/h3-9,11-13,19H,10H2,1-2H3. The van der Waals surface area contributed by atoms with E-state index in [1.54, 1.807) is 0 Å². The highest BCUT2D eigenvalue weighted by Crippen LogP contribution is 2.15. The molecule has 2 atom stereocenters. The monoisotopic (exact) mass is 274 g/mol. The van der Waals surface area contributed by atoms with Crippen molar-refractivity contribution < 1.29 is 0 Å². The molecule has 19 heavy (non-hydrogen) atoms. The third kappa shape index (κ3) is 4.34. The van der Waals surface area contributed by atoms with Gasteiger partial charge in [0.1, 0.15) is 0 Å². The Balaban J connectivity index is 1.92. The lowest BCUT2D eigenvalue weighted by molar-refractivity contribution is 0.477. The van der Waals surface area contributed by atoms with Crippen LogP contribution in [0.3, 0.4) is 0 Å². The van der Waals surface area contributed by atoms with Gasteiger partial charge in [-0.1, -0.05) is 23.7 Å². The molecule has 2 nitrogen and oxygen atoms in total. The molecule has 0 aliphatic heterocycles. The quantitative estimate of drug-likeness (QED) is 0.891. The molecule has 0 saturated heterocycles. The van der Waals surface area contributed by atoms with Crippen molar-refractivity contribution in [2.24, 2.45) is 0 Å². The molecule has 1 heterocycles. The van der Waals surface area contributed by atoms with Gasteiger partial charge in [0.15, 0.2) is 0 Å². The molecule has 0 spiro atoms. The third-order valence-electron chi connectivity index (χ3n) is 3.17. The minimum absolute atomic E-state index is 0.317. The van der Waals surface area contributed by atoms with E-state index < -0.39 is 0 Å². The van der Waals surface area contributed by atoms with E-state index in [1.165, 1.54) is 11.1 Å². The number of rotatable bonds is 5. The first kappa shape index (κ1) is 14.0. The van der Waals surface area contributed by atoms with Crippen LogP contribution in [0.5, 0.6) is 0 Å². The second-order valence-electron chi connectivity index (χ2n) is 4.90. The second kappa shape index (κ2) is 6.69. The van der Waals surface area contributed by atoms with Crippen LogP contribution in [0.4, 0.5) is 0 Å². The van der Waals surface area contributed by atoms with Crippen LogP contribution in [-0.4, -0.2) is 11.0 Å². The molecule has 0 saturated carbocycles. The molecule has 2 aromatic rings. The molecule has 2 unspecified atom stereocenters. The first-order valence-corrected chi connectivity index (χ1v) is 6.93. The molecule has 0 fully saturated rings. The lowest BCUT2D eigenvalue weighted by Gasteiger charge is -2.20. The number of pyridine rings is 1. The minimum atomic E-state index is 0.317. The fourth-order valence-corrected chi connectivity index (χ4v) is 2.46. The minimum Gasteiger partial charge on any atom is -0.307 e. The van der Waals surface area contributed by atoms with Crippen molar-refractivity contribution in [1.29, 1.82) is 0 Å². The predicted octanol–water partition coefficient (Wildman–Crippen LogP) is 4.02. The highest BCUT2D eigenvalue weighted by molar-refractivity contribution is 6.30. The SMILES string of the molecule is CC(Cc1cccc(Cl)c1)NC(C)c1ccncc1. The number of benzene rings is 1. The Morgan fingerprint density at radius 3 is 2.58 bits per heavy atom. The number of halogens is 1. The fourth-order valence-electron chi connectivity index (χ4n) is 2.25. The number of nitrogens with one attached hydrogen (secondary N) is 1. The van der Waals surface area contributed by atoms with Crippen LogP contribution < -0.4 is 5.32 Å². The molecule has 0 bridgehead atoms. The smallest absolute Gasteiger partial charge is 0.0408 e. The van der Waals surface area contributed by atoms with Crippen LogP contribution in [0.25, 0.3) is 0 Å². The summed E-state index contributed by atoms with van der Waals surface area (Å²) < 4.78 is 0. The van der Waals surface area contributed by atoms with Crippen LogP contribution >= 0.6 is 11.6 Å². The molecule has 3 heteroatoms. The van der Waals surface area contributed by atoms with Gasteiger partial charge < -0.3 is 5.32 Å². The van der Waals surface area contributed by atoms with E-state index in [0.29, 0.717) is 12.1 Å². The van der Waals surface area contributed by atoms with E-state index >= 15 is 0 Å². The molecular formula is C16H19ClN2. The van der Waals surface area contributed by atoms with Gasteiger partial charge in [0.2, 0.25) is 0 Å². The van der Waals surface area contributed by atoms with Crippen LogP contribution in [0.2, 0.25) is 5.02 Å². The Morgan fingerprint density at radius 2 is 1.89 bits per heavy atom. The van der Waals surface area contributed by atoms with Gasteiger partial charge in [0.25, 0.3) is 0 Å². The summed E-state index contributed by atoms with van der Waals surface area (Å²) in [5, 5.41) is 4.39. The summed E-state index contributed by atoms with van der Waals surface area (Å²) in [6, 6.07) is 12.8. The van der Waals surface area contributed by atoms with E-state index in [-0.39, 0.29) is 0 Å². The van der Waals surface area contributed by atoms with Crippen molar-refractivity contribution in [3.63, 3.8) is 0 Å². The second-order valence-corrected chi connectivity index (χ2v) is 5.34. The molecule has 1 aromatic carbocycles. The summed E-state index contributed by atoms with van der Waals surface area (Å²) >= 11 is 6.00. The van der Waals surface area contributed by atoms with Crippen LogP contribution in [0.1, 0.15) is 31.0 Å². The Labute approximate surface area is 119 Å². The molecular weight excluding hydrogens is 256 g/mol. The first-order valence-electron chi connectivity index (χ1n) is 6.55. The topological polar surface area (TPSA) is 24.9 Å². The van der Waals surface area contributed by atoms with E-state index in [0.717, 1.165) is 11.4 Å². The maximum atomic E-state index is 6.00. The largest absolute Gasteiger partial charge is 0.307 e. The predicted molar refractivity (Wildman–Crippen MR) is 80.4 cm³/mol. The summed E-state index contributed by atoms with van der Waals surface area (Å²) in [6.45, 7) is 4.36. The highest BCUT2D eigenvalue weighted by Gasteiger charge is 2.09. The van der Waals surface area contributed by atoms with Crippen molar-refractivity contribution >= 4 is 11.6 Å². The van der Waals surface area contributed by atoms with Crippen molar-refractivity contribution in [1.82, 2.24) is 10.3 Å². The maximum absolute atomic E-state index is 6.00. The zero-order chi connectivity index (χ0) is 13.7.